The van der Waals surface area contributed by atoms with E-state index in [-0.39, 0.29) is 15.9 Å². The Balaban J connectivity index is 2.06. The van der Waals surface area contributed by atoms with Gasteiger partial charge in [-0.05, 0) is 26.5 Å². The van der Waals surface area contributed by atoms with Crippen molar-refractivity contribution in [3.05, 3.63) is 35.9 Å². The fraction of sp³-hybridized carbons (Fsp3) is 0.600. The summed E-state index contributed by atoms with van der Waals surface area (Å²) >= 11 is 21.9. The number of halogens is 3. The first-order valence-electron chi connectivity index (χ1n) is 9.52. The highest BCUT2D eigenvalue weighted by Gasteiger charge is 2.45. The smallest absolute Gasteiger partial charge is 0.324 e. The van der Waals surface area contributed by atoms with E-state index in [2.05, 4.69) is 0 Å². The van der Waals surface area contributed by atoms with E-state index < -0.39 is 27.0 Å². The molecule has 1 heterocycles. The van der Waals surface area contributed by atoms with Gasteiger partial charge in [0.1, 0.15) is 17.9 Å². The molecule has 31 heavy (non-hydrogen) atoms. The number of benzene rings is 1. The highest BCUT2D eigenvalue weighted by Crippen LogP contribution is 2.52. The minimum atomic E-state index is -1.69. The lowest BCUT2D eigenvalue weighted by molar-refractivity contribution is -0.148. The van der Waals surface area contributed by atoms with E-state index >= 15 is 0 Å². The monoisotopic (exact) mass is 545 g/mol. The van der Waals surface area contributed by atoms with Crippen LogP contribution in [-0.2, 0) is 20.1 Å². The summed E-state index contributed by atoms with van der Waals surface area (Å²) in [5.41, 5.74) is 1.15. The molecule has 3 atom stereocenters. The molecular formula is C20H26Cl3NO4S3. The number of carbonyl (C=O) groups excluding carboxylic acids is 1. The molecule has 1 fully saturated rings. The van der Waals surface area contributed by atoms with Crippen molar-refractivity contribution in [1.29, 1.82) is 0 Å². The molecule has 0 aliphatic carbocycles. The molecule has 1 N–H and O–H groups in total. The molecule has 0 spiro atoms. The maximum Gasteiger partial charge on any atom is 0.324 e. The topological polar surface area (TPSA) is 66.8 Å². The maximum atomic E-state index is 12.8. The van der Waals surface area contributed by atoms with Crippen LogP contribution in [0.25, 0.3) is 0 Å². The number of nitrogens with zero attached hydrogens (tertiary/aromatic N) is 1. The third-order valence-corrected chi connectivity index (χ3v) is 9.27. The van der Waals surface area contributed by atoms with E-state index in [1.165, 1.54) is 11.8 Å². The number of hydrogen-bond donors (Lipinski definition) is 1. The van der Waals surface area contributed by atoms with Crippen LogP contribution in [0.15, 0.2) is 30.3 Å². The lowest BCUT2D eigenvalue weighted by Crippen LogP contribution is -2.47. The van der Waals surface area contributed by atoms with E-state index in [9.17, 15) is 14.7 Å². The van der Waals surface area contributed by atoms with Crippen molar-refractivity contribution in [3.63, 3.8) is 0 Å². The SMILES string of the molecule is CN(CC1SC(C)(C)SC1C(=O)O)C(CSCc1ccccc1)C(=O)OCC(Cl)(Cl)Cl. The zero-order valence-electron chi connectivity index (χ0n) is 17.4. The zero-order chi connectivity index (χ0) is 23.2. The molecule has 1 saturated heterocycles. The Labute approximate surface area is 211 Å². The highest BCUT2D eigenvalue weighted by atomic mass is 35.6. The van der Waals surface area contributed by atoms with Gasteiger partial charge in [0.15, 0.2) is 0 Å². The molecule has 174 valence electrons. The van der Waals surface area contributed by atoms with Gasteiger partial charge in [0.2, 0.25) is 3.79 Å². The molecule has 2 rings (SSSR count). The first-order chi connectivity index (χ1) is 14.4. The average Bonchev–Trinajstić information content (AvgIpc) is 2.98. The van der Waals surface area contributed by atoms with E-state index in [0.717, 1.165) is 11.3 Å². The molecule has 1 aromatic rings. The lowest BCUT2D eigenvalue weighted by Gasteiger charge is -2.29. The number of likely N-dealkylation sites (N-methyl/N-ethyl adjacent to an activating group) is 1. The molecule has 0 radical (unpaired) electrons. The molecule has 0 bridgehead atoms. The normalized spacial score (nSPS) is 21.8. The lowest BCUT2D eigenvalue weighted by atomic mass is 10.2. The predicted octanol–water partition coefficient (Wildman–Crippen LogP) is 5.17. The predicted molar refractivity (Wildman–Crippen MR) is 135 cm³/mol. The van der Waals surface area contributed by atoms with Crippen molar-refractivity contribution in [1.82, 2.24) is 4.90 Å². The molecule has 0 saturated carbocycles. The van der Waals surface area contributed by atoms with Crippen LogP contribution in [0.4, 0.5) is 0 Å². The fourth-order valence-corrected chi connectivity index (χ4v) is 7.87. The van der Waals surface area contributed by atoms with Gasteiger partial charge in [-0.1, -0.05) is 65.1 Å². The van der Waals surface area contributed by atoms with Gasteiger partial charge in [-0.25, -0.2) is 0 Å². The molecule has 5 nitrogen and oxygen atoms in total. The van der Waals surface area contributed by atoms with Crippen molar-refractivity contribution < 1.29 is 19.4 Å². The van der Waals surface area contributed by atoms with Crippen molar-refractivity contribution in [2.75, 3.05) is 26.0 Å². The van der Waals surface area contributed by atoms with Crippen LogP contribution < -0.4 is 0 Å². The molecule has 0 aromatic heterocycles. The number of ether oxygens (including phenoxy) is 1. The number of rotatable bonds is 10. The second kappa shape index (κ2) is 12.0. The van der Waals surface area contributed by atoms with Gasteiger partial charge < -0.3 is 9.84 Å². The minimum Gasteiger partial charge on any atom is -0.480 e. The quantitative estimate of drug-likeness (QED) is 0.318. The summed E-state index contributed by atoms with van der Waals surface area (Å²) in [4.78, 5) is 26.4. The van der Waals surface area contributed by atoms with Crippen molar-refractivity contribution in [2.24, 2.45) is 0 Å². The van der Waals surface area contributed by atoms with E-state index in [0.29, 0.717) is 12.3 Å². The summed E-state index contributed by atoms with van der Waals surface area (Å²) in [6.07, 6.45) is 0. The Hall–Kier alpha value is 0.0400. The van der Waals surface area contributed by atoms with Crippen molar-refractivity contribution in [3.8, 4) is 0 Å². The van der Waals surface area contributed by atoms with Gasteiger partial charge in [0.05, 0.1) is 4.08 Å². The summed E-state index contributed by atoms with van der Waals surface area (Å²) in [6.45, 7) is 4.11. The standard InChI is InChI=1S/C20H26Cl3NO4S3/c1-19(2)30-15(16(31-19)17(25)26)9-24(3)14(18(27)28-12-20(21,22)23)11-29-10-13-7-5-4-6-8-13/h4-8,14-16H,9-12H2,1-3H3,(H,25,26). The molecule has 11 heteroatoms. The van der Waals surface area contributed by atoms with Crippen LogP contribution >= 0.6 is 70.1 Å². The van der Waals surface area contributed by atoms with Crippen LogP contribution in [0, 0.1) is 0 Å². The fourth-order valence-electron chi connectivity index (χ4n) is 3.08. The van der Waals surface area contributed by atoms with Gasteiger partial charge in [-0.15, -0.1) is 23.5 Å². The number of carbonyl (C=O) groups is 2. The Kier molecular flexibility index (Phi) is 10.5. The van der Waals surface area contributed by atoms with Gasteiger partial charge in [-0.3, -0.25) is 14.5 Å². The second-order valence-corrected chi connectivity index (χ2v) is 15.0. The van der Waals surface area contributed by atoms with Crippen molar-refractivity contribution in [2.45, 2.75) is 44.0 Å². The third-order valence-electron chi connectivity index (χ3n) is 4.46. The molecular weight excluding hydrogens is 521 g/mol. The van der Waals surface area contributed by atoms with E-state index in [4.69, 9.17) is 39.5 Å². The highest BCUT2D eigenvalue weighted by molar-refractivity contribution is 8.22. The second-order valence-electron chi connectivity index (χ2n) is 7.61. The zero-order valence-corrected chi connectivity index (χ0v) is 22.1. The van der Waals surface area contributed by atoms with Crippen LogP contribution in [0.2, 0.25) is 0 Å². The average molecular weight is 547 g/mol. The Morgan fingerprint density at radius 1 is 1.26 bits per heavy atom. The molecule has 1 aliphatic heterocycles. The minimum absolute atomic E-state index is 0.162. The molecule has 1 aliphatic rings. The number of thioether (sulfide) groups is 3. The molecule has 0 amide bonds. The van der Waals surface area contributed by atoms with Gasteiger partial charge in [-0.2, -0.15) is 11.8 Å². The van der Waals surface area contributed by atoms with Crippen molar-refractivity contribution >= 4 is 82.0 Å². The summed E-state index contributed by atoms with van der Waals surface area (Å²) in [7, 11) is 1.81. The van der Waals surface area contributed by atoms with E-state index in [1.54, 1.807) is 30.6 Å². The number of carboxylic acid groups (broad SMARTS) is 1. The first kappa shape index (κ1) is 27.3. The molecule has 3 unspecified atom stereocenters. The Morgan fingerprint density at radius 3 is 2.48 bits per heavy atom. The van der Waals surface area contributed by atoms with Crippen LogP contribution in [-0.4, -0.2) is 72.3 Å². The number of alkyl halides is 3. The van der Waals surface area contributed by atoms with Gasteiger partial charge in [0.25, 0.3) is 0 Å². The van der Waals surface area contributed by atoms with Gasteiger partial charge in [0, 0.05) is 23.3 Å². The largest absolute Gasteiger partial charge is 0.480 e. The summed E-state index contributed by atoms with van der Waals surface area (Å²) < 4.78 is 3.36. The summed E-state index contributed by atoms with van der Waals surface area (Å²) in [5, 5.41) is 8.92. The van der Waals surface area contributed by atoms with E-state index in [1.807, 2.05) is 49.1 Å². The number of hydrogen-bond acceptors (Lipinski definition) is 7. The van der Waals surface area contributed by atoms with Gasteiger partial charge >= 0.3 is 11.9 Å². The van der Waals surface area contributed by atoms with Crippen LogP contribution in [0.5, 0.6) is 0 Å². The Morgan fingerprint density at radius 2 is 1.90 bits per heavy atom. The summed E-state index contributed by atoms with van der Waals surface area (Å²) in [5.74, 6) is -0.122. The molecule has 1 aromatic carbocycles. The van der Waals surface area contributed by atoms with Crippen LogP contribution in [0.3, 0.4) is 0 Å². The summed E-state index contributed by atoms with van der Waals surface area (Å²) in [6, 6.07) is 9.35. The number of carboxylic acids is 1. The maximum absolute atomic E-state index is 12.8. The van der Waals surface area contributed by atoms with Crippen LogP contribution in [0.1, 0.15) is 19.4 Å². The first-order valence-corrected chi connectivity index (χ1v) is 13.6. The number of aliphatic carboxylic acids is 1. The number of esters is 1. The Bertz CT molecular complexity index is 749. The third kappa shape index (κ3) is 9.43.